The molecule has 0 atom stereocenters. The fourth-order valence-corrected chi connectivity index (χ4v) is 0.699. The van der Waals surface area contributed by atoms with Gasteiger partial charge in [-0.05, 0) is 0 Å². The van der Waals surface area contributed by atoms with Crippen molar-refractivity contribution < 1.29 is 5.11 Å². The van der Waals surface area contributed by atoms with E-state index in [0.717, 1.165) is 0 Å². The Morgan fingerprint density at radius 1 is 1.10 bits per heavy atom. The Morgan fingerprint density at radius 2 is 1.60 bits per heavy atom. The molecule has 4 N–H and O–H groups in total. The predicted molar refractivity (Wildman–Crippen MR) is 37.2 cm³/mol. The van der Waals surface area contributed by atoms with Crippen LogP contribution >= 0.6 is 0 Å². The molecule has 3 nitrogen and oxygen atoms in total. The monoisotopic (exact) mass is 137 g/mol. The van der Waals surface area contributed by atoms with Gasteiger partial charge < -0.3 is 0 Å². The SMILES string of the molecule is NC(N)([O])c1ccccc1. The van der Waals surface area contributed by atoms with Gasteiger partial charge in [0, 0.05) is 5.56 Å². The van der Waals surface area contributed by atoms with E-state index in [1.54, 1.807) is 30.3 Å². The van der Waals surface area contributed by atoms with Crippen LogP contribution in [-0.2, 0) is 11.0 Å². The normalized spacial score (nSPS) is 11.5. The molecular formula is C7H9N2O. The first-order chi connectivity index (χ1) is 4.61. The Labute approximate surface area is 59.3 Å². The molecule has 1 aromatic carbocycles. The smallest absolute Gasteiger partial charge is 0.229 e. The van der Waals surface area contributed by atoms with Gasteiger partial charge in [-0.1, -0.05) is 30.3 Å². The highest BCUT2D eigenvalue weighted by atomic mass is 16.3. The highest BCUT2D eigenvalue weighted by molar-refractivity contribution is 5.19. The van der Waals surface area contributed by atoms with E-state index in [0.29, 0.717) is 5.56 Å². The summed E-state index contributed by atoms with van der Waals surface area (Å²) >= 11 is 0. The van der Waals surface area contributed by atoms with Gasteiger partial charge in [-0.15, -0.1) is 0 Å². The fraction of sp³-hybridized carbons (Fsp3) is 0.143. The summed E-state index contributed by atoms with van der Waals surface area (Å²) in [5.74, 6) is -1.96. The van der Waals surface area contributed by atoms with E-state index in [1.807, 2.05) is 0 Å². The van der Waals surface area contributed by atoms with Gasteiger partial charge in [-0.25, -0.2) is 0 Å². The lowest BCUT2D eigenvalue weighted by atomic mass is 10.1. The summed E-state index contributed by atoms with van der Waals surface area (Å²) in [5.41, 5.74) is 10.6. The summed E-state index contributed by atoms with van der Waals surface area (Å²) in [6.07, 6.45) is 0. The van der Waals surface area contributed by atoms with Crippen molar-refractivity contribution >= 4 is 0 Å². The molecule has 0 saturated heterocycles. The average molecular weight is 137 g/mol. The van der Waals surface area contributed by atoms with Crippen molar-refractivity contribution in [3.63, 3.8) is 0 Å². The molecule has 0 saturated carbocycles. The number of hydrogen-bond donors (Lipinski definition) is 2. The Kier molecular flexibility index (Phi) is 1.72. The van der Waals surface area contributed by atoms with Crippen molar-refractivity contribution in [3.8, 4) is 0 Å². The zero-order valence-corrected chi connectivity index (χ0v) is 5.45. The van der Waals surface area contributed by atoms with Crippen LogP contribution in [0.2, 0.25) is 0 Å². The van der Waals surface area contributed by atoms with Gasteiger partial charge in [0.05, 0.1) is 0 Å². The zero-order chi connectivity index (χ0) is 7.61. The summed E-state index contributed by atoms with van der Waals surface area (Å²) in [6.45, 7) is 0. The molecule has 0 aliphatic heterocycles. The molecule has 0 aliphatic carbocycles. The molecule has 0 aliphatic rings. The molecule has 0 heterocycles. The van der Waals surface area contributed by atoms with Crippen molar-refractivity contribution in [2.45, 2.75) is 5.85 Å². The fourth-order valence-electron chi connectivity index (χ4n) is 0.699. The van der Waals surface area contributed by atoms with Crippen molar-refractivity contribution in [2.24, 2.45) is 11.5 Å². The number of rotatable bonds is 1. The Balaban J connectivity index is 2.97. The summed E-state index contributed by atoms with van der Waals surface area (Å²) < 4.78 is 0. The maximum atomic E-state index is 10.9. The Hall–Kier alpha value is -0.900. The summed E-state index contributed by atoms with van der Waals surface area (Å²) in [7, 11) is 0. The summed E-state index contributed by atoms with van der Waals surface area (Å²) in [4.78, 5) is 0. The molecule has 0 fully saturated rings. The van der Waals surface area contributed by atoms with Crippen LogP contribution in [0.15, 0.2) is 30.3 Å². The highest BCUT2D eigenvalue weighted by Crippen LogP contribution is 2.07. The maximum Gasteiger partial charge on any atom is 0.229 e. The van der Waals surface area contributed by atoms with E-state index in [1.165, 1.54) is 0 Å². The molecule has 0 unspecified atom stereocenters. The molecule has 1 radical (unpaired) electrons. The van der Waals surface area contributed by atoms with E-state index < -0.39 is 5.85 Å². The van der Waals surface area contributed by atoms with Crippen molar-refractivity contribution in [1.82, 2.24) is 0 Å². The van der Waals surface area contributed by atoms with Crippen LogP contribution in [0.5, 0.6) is 0 Å². The van der Waals surface area contributed by atoms with E-state index in [2.05, 4.69) is 0 Å². The van der Waals surface area contributed by atoms with Gasteiger partial charge >= 0.3 is 0 Å². The van der Waals surface area contributed by atoms with Crippen molar-refractivity contribution in [2.75, 3.05) is 0 Å². The minimum Gasteiger partial charge on any atom is -0.284 e. The first-order valence-electron chi connectivity index (χ1n) is 2.94. The minimum atomic E-state index is -1.96. The lowest BCUT2D eigenvalue weighted by Gasteiger charge is -2.13. The first kappa shape index (κ1) is 7.21. The number of hydrogen-bond acceptors (Lipinski definition) is 2. The Bertz CT molecular complexity index is 203. The van der Waals surface area contributed by atoms with E-state index in [-0.39, 0.29) is 0 Å². The van der Waals surface area contributed by atoms with Crippen LogP contribution in [0, 0.1) is 0 Å². The van der Waals surface area contributed by atoms with Gasteiger partial charge in [-0.3, -0.25) is 11.5 Å². The van der Waals surface area contributed by atoms with Gasteiger partial charge in [0.2, 0.25) is 5.85 Å². The topological polar surface area (TPSA) is 71.9 Å². The summed E-state index contributed by atoms with van der Waals surface area (Å²) in [5, 5.41) is 10.9. The van der Waals surface area contributed by atoms with Gasteiger partial charge in [0.1, 0.15) is 0 Å². The van der Waals surface area contributed by atoms with Crippen LogP contribution in [0.1, 0.15) is 5.56 Å². The molecule has 0 bridgehead atoms. The van der Waals surface area contributed by atoms with Crippen LogP contribution in [0.3, 0.4) is 0 Å². The van der Waals surface area contributed by atoms with Crippen LogP contribution in [-0.4, -0.2) is 0 Å². The predicted octanol–water partition coefficient (Wildman–Crippen LogP) is 0.145. The van der Waals surface area contributed by atoms with Crippen LogP contribution < -0.4 is 11.5 Å². The third-order valence-corrected chi connectivity index (χ3v) is 1.22. The molecule has 0 amide bonds. The van der Waals surface area contributed by atoms with Gasteiger partial charge in [0.25, 0.3) is 0 Å². The number of benzene rings is 1. The molecule has 0 aromatic heterocycles. The van der Waals surface area contributed by atoms with Crippen molar-refractivity contribution in [3.05, 3.63) is 35.9 Å². The molecule has 3 heteroatoms. The minimum absolute atomic E-state index is 0.398. The lowest BCUT2D eigenvalue weighted by molar-refractivity contribution is -0.0240. The Morgan fingerprint density at radius 3 is 1.90 bits per heavy atom. The molecular weight excluding hydrogens is 128 g/mol. The quantitative estimate of drug-likeness (QED) is 0.540. The van der Waals surface area contributed by atoms with E-state index in [4.69, 9.17) is 11.5 Å². The highest BCUT2D eigenvalue weighted by Gasteiger charge is 2.18. The number of nitrogens with two attached hydrogens (primary N) is 2. The second-order valence-corrected chi connectivity index (χ2v) is 2.16. The largest absolute Gasteiger partial charge is 0.284 e. The van der Waals surface area contributed by atoms with E-state index in [9.17, 15) is 5.11 Å². The molecule has 0 spiro atoms. The second-order valence-electron chi connectivity index (χ2n) is 2.16. The third kappa shape index (κ3) is 1.54. The lowest BCUT2D eigenvalue weighted by Crippen LogP contribution is -2.44. The zero-order valence-electron chi connectivity index (χ0n) is 5.45. The molecule has 10 heavy (non-hydrogen) atoms. The summed E-state index contributed by atoms with van der Waals surface area (Å²) in [6, 6.07) is 8.46. The standard InChI is InChI=1S/C7H9N2O/c8-7(9,10)6-4-2-1-3-5-6/h1-5H,8-9H2. The van der Waals surface area contributed by atoms with Gasteiger partial charge in [-0.2, -0.15) is 5.11 Å². The van der Waals surface area contributed by atoms with Gasteiger partial charge in [0.15, 0.2) is 0 Å². The molecule has 1 rings (SSSR count). The maximum absolute atomic E-state index is 10.9. The molecule has 53 valence electrons. The first-order valence-corrected chi connectivity index (χ1v) is 2.94. The second kappa shape index (κ2) is 2.38. The van der Waals surface area contributed by atoms with Crippen LogP contribution in [0.4, 0.5) is 0 Å². The third-order valence-electron chi connectivity index (χ3n) is 1.22. The average Bonchev–Trinajstić information content (AvgIpc) is 1.88. The van der Waals surface area contributed by atoms with Crippen LogP contribution in [0.25, 0.3) is 0 Å². The van der Waals surface area contributed by atoms with E-state index >= 15 is 0 Å². The van der Waals surface area contributed by atoms with Crippen molar-refractivity contribution in [1.29, 1.82) is 0 Å². The molecule has 1 aromatic rings.